The maximum Gasteiger partial charge on any atom is 0.341 e. The number of rotatable bonds is 9. The highest BCUT2D eigenvalue weighted by Crippen LogP contribution is 2.52. The van der Waals surface area contributed by atoms with Gasteiger partial charge in [-0.05, 0) is 87.4 Å². The van der Waals surface area contributed by atoms with Crippen molar-refractivity contribution in [1.82, 2.24) is 18.8 Å². The minimum absolute atomic E-state index is 0.0317. The summed E-state index contributed by atoms with van der Waals surface area (Å²) in [5.74, 6) is 0.227. The van der Waals surface area contributed by atoms with Gasteiger partial charge in [-0.15, -0.1) is 0 Å². The Morgan fingerprint density at radius 3 is 2.52 bits per heavy atom. The van der Waals surface area contributed by atoms with Crippen molar-refractivity contribution in [3.63, 3.8) is 0 Å². The van der Waals surface area contributed by atoms with Crippen LogP contribution in [0.15, 0.2) is 39.5 Å². The fourth-order valence-corrected chi connectivity index (χ4v) is 8.35. The second kappa shape index (κ2) is 13.3. The summed E-state index contributed by atoms with van der Waals surface area (Å²) in [6, 6.07) is 8.82. The van der Waals surface area contributed by atoms with Gasteiger partial charge in [0.15, 0.2) is 0 Å². The molecule has 0 radical (unpaired) electrons. The maximum atomic E-state index is 13.9. The van der Waals surface area contributed by atoms with Gasteiger partial charge in [-0.25, -0.2) is 9.52 Å². The van der Waals surface area contributed by atoms with Gasteiger partial charge in [0.2, 0.25) is 0 Å². The van der Waals surface area contributed by atoms with Crippen LogP contribution < -0.4 is 20.0 Å². The fraction of sp³-hybridized carbons (Fsp3) is 0.528. The first-order valence-corrected chi connectivity index (χ1v) is 18.7. The molecule has 13 nitrogen and oxygen atoms in total. The van der Waals surface area contributed by atoms with Gasteiger partial charge in [0, 0.05) is 69.6 Å². The van der Waals surface area contributed by atoms with E-state index in [-0.39, 0.29) is 41.5 Å². The van der Waals surface area contributed by atoms with Crippen molar-refractivity contribution in [1.29, 1.82) is 0 Å². The third-order valence-electron chi connectivity index (χ3n) is 10.9. The molecule has 2 unspecified atom stereocenters. The highest BCUT2D eigenvalue weighted by atomic mass is 32.2. The molecule has 3 atom stereocenters. The van der Waals surface area contributed by atoms with Crippen LogP contribution in [-0.2, 0) is 27.9 Å². The molecule has 1 saturated heterocycles. The van der Waals surface area contributed by atoms with E-state index in [2.05, 4.69) is 27.6 Å². The number of fused-ring (bicyclic) bond motifs is 4. The molecule has 1 aromatic heterocycles. The topological polar surface area (TPSA) is 142 Å². The number of hydrogen-bond acceptors (Lipinski definition) is 10. The molecule has 1 N–H and O–H groups in total. The number of amides is 2. The van der Waals surface area contributed by atoms with Crippen LogP contribution in [-0.4, -0.2) is 108 Å². The summed E-state index contributed by atoms with van der Waals surface area (Å²) in [5.41, 5.74) is 3.72. The average Bonchev–Trinajstić information content (AvgIpc) is 3.70. The van der Waals surface area contributed by atoms with Gasteiger partial charge in [-0.2, -0.15) is 12.7 Å². The Morgan fingerprint density at radius 2 is 1.80 bits per heavy atom. The number of hydrogen-bond donors (Lipinski definition) is 1. The minimum Gasteiger partial charge on any atom is -0.490 e. The lowest BCUT2D eigenvalue weighted by molar-refractivity contribution is 0.0731. The number of carbonyl (C=O) groups is 2. The summed E-state index contributed by atoms with van der Waals surface area (Å²) >= 11 is 0. The molecule has 0 bridgehead atoms. The minimum atomic E-state index is -4.04. The Hall–Kier alpha value is -3.98. The Labute approximate surface area is 292 Å². The first-order valence-electron chi connectivity index (χ1n) is 17.2. The van der Waals surface area contributed by atoms with Crippen LogP contribution in [0.4, 0.5) is 5.69 Å². The zero-order valence-corrected chi connectivity index (χ0v) is 30.0. The average molecular weight is 708 g/mol. The van der Waals surface area contributed by atoms with Gasteiger partial charge < -0.3 is 23.7 Å². The molecule has 2 aromatic carbocycles. The molecule has 0 spiro atoms. The van der Waals surface area contributed by atoms with Gasteiger partial charge in [0.25, 0.3) is 11.8 Å². The second-order valence-electron chi connectivity index (χ2n) is 14.3. The van der Waals surface area contributed by atoms with Gasteiger partial charge >= 0.3 is 15.8 Å². The van der Waals surface area contributed by atoms with Crippen molar-refractivity contribution in [2.45, 2.75) is 51.3 Å². The lowest BCUT2D eigenvalue weighted by Gasteiger charge is -2.41. The lowest BCUT2D eigenvalue weighted by Crippen LogP contribution is -2.53. The van der Waals surface area contributed by atoms with Crippen LogP contribution in [0, 0.1) is 18.8 Å². The molecule has 2 saturated carbocycles. The van der Waals surface area contributed by atoms with Crippen molar-refractivity contribution < 1.29 is 31.9 Å². The molecule has 268 valence electrons. The number of aryl methyl sites for hydroxylation is 1. The summed E-state index contributed by atoms with van der Waals surface area (Å²) in [7, 11) is 2.42. The number of nitrogens with one attached hydrogen (secondary N) is 1. The number of anilines is 1. The van der Waals surface area contributed by atoms with Crippen molar-refractivity contribution in [2.24, 2.45) is 11.8 Å². The number of carbonyl (C=O) groups excluding carboxylic acids is 2. The quantitative estimate of drug-likeness (QED) is 0.330. The standard InChI is InChI=1S/C36H45N5O8S/c1-21-31(40-13-12-39(4)25(18-40)20-47-5)9-8-28-27-10-11-41(19-30(27)36(44)49-33(21)28)35(43)22-6-7-29(34(42)37-50(45,46)38(2)3)32(17-22)48-26-15-23-14-24(23)16-26/h6-9,17,23-26H,10-16,18-20H2,1-5H3,(H,37,42)/t23?,24?,25-,26?/m1/s1. The molecule has 2 amide bonds. The van der Waals surface area contributed by atoms with E-state index < -0.39 is 21.7 Å². The summed E-state index contributed by atoms with van der Waals surface area (Å²) in [6.07, 6.45) is 3.25. The molecule has 2 aliphatic carbocycles. The number of likely N-dealkylation sites (N-methyl/N-ethyl adjacent to an activating group) is 1. The van der Waals surface area contributed by atoms with Crippen molar-refractivity contribution in [2.75, 3.05) is 65.9 Å². The van der Waals surface area contributed by atoms with Gasteiger partial charge in [0.05, 0.1) is 36.4 Å². The summed E-state index contributed by atoms with van der Waals surface area (Å²) in [4.78, 5) is 46.8. The molecule has 3 heterocycles. The van der Waals surface area contributed by atoms with Crippen LogP contribution in [0.3, 0.4) is 0 Å². The molecule has 7 rings (SSSR count). The number of benzene rings is 2. The van der Waals surface area contributed by atoms with Crippen molar-refractivity contribution >= 4 is 38.7 Å². The lowest BCUT2D eigenvalue weighted by atomic mass is 9.95. The first kappa shape index (κ1) is 34.5. The van der Waals surface area contributed by atoms with E-state index in [9.17, 15) is 22.8 Å². The highest BCUT2D eigenvalue weighted by molar-refractivity contribution is 7.87. The van der Waals surface area contributed by atoms with Gasteiger partial charge in [-0.1, -0.05) is 0 Å². The smallest absolute Gasteiger partial charge is 0.341 e. The van der Waals surface area contributed by atoms with Crippen LogP contribution in [0.2, 0.25) is 0 Å². The van der Waals surface area contributed by atoms with E-state index in [0.717, 1.165) is 59.0 Å². The number of piperazine rings is 1. The normalized spacial score (nSPS) is 23.6. The molecule has 3 aromatic rings. The Kier molecular flexibility index (Phi) is 9.16. The van der Waals surface area contributed by atoms with E-state index in [0.29, 0.717) is 42.6 Å². The third kappa shape index (κ3) is 6.49. The second-order valence-corrected chi connectivity index (χ2v) is 16.2. The van der Waals surface area contributed by atoms with E-state index in [4.69, 9.17) is 13.9 Å². The molecule has 14 heteroatoms. The third-order valence-corrected chi connectivity index (χ3v) is 12.3. The summed E-state index contributed by atoms with van der Waals surface area (Å²) < 4.78 is 45.5. The van der Waals surface area contributed by atoms with Crippen LogP contribution in [0.5, 0.6) is 5.75 Å². The van der Waals surface area contributed by atoms with E-state index in [1.807, 2.05) is 13.0 Å². The van der Waals surface area contributed by atoms with Crippen molar-refractivity contribution in [3.8, 4) is 5.75 Å². The molecule has 3 fully saturated rings. The summed E-state index contributed by atoms with van der Waals surface area (Å²) in [5, 5.41) is 0.879. The zero-order valence-electron chi connectivity index (χ0n) is 29.2. The van der Waals surface area contributed by atoms with Crippen molar-refractivity contribution in [3.05, 3.63) is 68.6 Å². The zero-order chi connectivity index (χ0) is 35.5. The Morgan fingerprint density at radius 1 is 1.04 bits per heavy atom. The first-order chi connectivity index (χ1) is 23.8. The SMILES string of the molecule is COC[C@H]1CN(c2ccc3c4c(c(=O)oc3c2C)CN(C(=O)c2ccc(C(=O)NS(=O)(=O)N(C)C)c(OC3CC5CC5C3)c2)CC4)CCN1C. The Bertz CT molecular complexity index is 2000. The van der Waals surface area contributed by atoms with Gasteiger partial charge in [-0.3, -0.25) is 14.5 Å². The van der Waals surface area contributed by atoms with Crippen LogP contribution in [0.25, 0.3) is 11.0 Å². The maximum absolute atomic E-state index is 13.9. The number of ether oxygens (including phenoxy) is 2. The highest BCUT2D eigenvalue weighted by Gasteiger charge is 2.47. The number of methoxy groups -OCH3 is 1. The van der Waals surface area contributed by atoms with E-state index in [1.165, 1.54) is 38.7 Å². The van der Waals surface area contributed by atoms with E-state index >= 15 is 0 Å². The Balaban J connectivity index is 1.14. The molecule has 50 heavy (non-hydrogen) atoms. The molecular weight excluding hydrogens is 662 g/mol. The predicted molar refractivity (Wildman–Crippen MR) is 188 cm³/mol. The predicted octanol–water partition coefficient (Wildman–Crippen LogP) is 2.78. The van der Waals surface area contributed by atoms with Crippen LogP contribution >= 0.6 is 0 Å². The number of nitrogens with zero attached hydrogens (tertiary/aromatic N) is 4. The monoisotopic (exact) mass is 707 g/mol. The molecule has 2 aliphatic heterocycles. The van der Waals surface area contributed by atoms with Crippen LogP contribution in [0.1, 0.15) is 56.7 Å². The largest absolute Gasteiger partial charge is 0.490 e. The summed E-state index contributed by atoms with van der Waals surface area (Å²) in [6.45, 7) is 5.64. The fourth-order valence-electron chi connectivity index (χ4n) is 7.83. The molecular formula is C36H45N5O8S. The van der Waals surface area contributed by atoms with E-state index in [1.54, 1.807) is 12.0 Å². The van der Waals surface area contributed by atoms with Gasteiger partial charge in [0.1, 0.15) is 11.3 Å². The molecule has 4 aliphatic rings.